The number of rotatable bonds is 3. The lowest BCUT2D eigenvalue weighted by Crippen LogP contribution is -1.86. The number of carbonyl (C=O) groups excluding carboxylic acids is 1. The molecule has 1 N–H and O–H groups in total. The standard InChI is InChI=1S/C11H12O2/c1-2-10(12)7-6-9-4-3-5-11(13)8-9/h3-8,13H,2H2,1H3/b7-6+. The second-order valence-electron chi connectivity index (χ2n) is 2.75. The van der Waals surface area contributed by atoms with Gasteiger partial charge in [-0.05, 0) is 23.8 Å². The van der Waals surface area contributed by atoms with Crippen molar-refractivity contribution in [2.24, 2.45) is 0 Å². The molecule has 0 spiro atoms. The molecule has 13 heavy (non-hydrogen) atoms. The number of hydrogen-bond donors (Lipinski definition) is 1. The zero-order chi connectivity index (χ0) is 9.68. The summed E-state index contributed by atoms with van der Waals surface area (Å²) in [4.78, 5) is 10.9. The molecule has 0 heterocycles. The molecule has 0 aromatic heterocycles. The molecule has 0 aliphatic heterocycles. The quantitative estimate of drug-likeness (QED) is 0.718. The molecule has 0 aliphatic carbocycles. The van der Waals surface area contributed by atoms with Crippen molar-refractivity contribution in [3.63, 3.8) is 0 Å². The third kappa shape index (κ3) is 3.11. The molecule has 0 fully saturated rings. The molecule has 0 atom stereocenters. The van der Waals surface area contributed by atoms with E-state index < -0.39 is 0 Å². The summed E-state index contributed by atoms with van der Waals surface area (Å²) >= 11 is 0. The van der Waals surface area contributed by atoms with E-state index >= 15 is 0 Å². The summed E-state index contributed by atoms with van der Waals surface area (Å²) in [5.41, 5.74) is 0.835. The highest BCUT2D eigenvalue weighted by atomic mass is 16.3. The van der Waals surface area contributed by atoms with Crippen LogP contribution in [-0.4, -0.2) is 10.9 Å². The van der Waals surface area contributed by atoms with Gasteiger partial charge in [0.1, 0.15) is 5.75 Å². The minimum Gasteiger partial charge on any atom is -0.508 e. The van der Waals surface area contributed by atoms with E-state index in [9.17, 15) is 4.79 Å². The van der Waals surface area contributed by atoms with Crippen molar-refractivity contribution >= 4 is 11.9 Å². The van der Waals surface area contributed by atoms with E-state index in [0.717, 1.165) is 5.56 Å². The molecule has 1 aromatic carbocycles. The van der Waals surface area contributed by atoms with Crippen molar-refractivity contribution < 1.29 is 9.90 Å². The molecule has 0 saturated heterocycles. The fourth-order valence-corrected chi connectivity index (χ4v) is 0.935. The van der Waals surface area contributed by atoms with Crippen molar-refractivity contribution in [1.29, 1.82) is 0 Å². The van der Waals surface area contributed by atoms with Crippen LogP contribution in [0, 0.1) is 0 Å². The number of ketones is 1. The van der Waals surface area contributed by atoms with Crippen LogP contribution in [0.4, 0.5) is 0 Å². The second kappa shape index (κ2) is 4.45. The van der Waals surface area contributed by atoms with Crippen LogP contribution in [0.3, 0.4) is 0 Å². The van der Waals surface area contributed by atoms with E-state index in [1.807, 2.05) is 13.0 Å². The van der Waals surface area contributed by atoms with Crippen LogP contribution in [0.25, 0.3) is 6.08 Å². The lowest BCUT2D eigenvalue weighted by Gasteiger charge is -1.93. The van der Waals surface area contributed by atoms with Crippen LogP contribution in [0.15, 0.2) is 30.3 Å². The maximum absolute atomic E-state index is 10.9. The molecule has 0 saturated carbocycles. The van der Waals surface area contributed by atoms with Crippen LogP contribution >= 0.6 is 0 Å². The zero-order valence-corrected chi connectivity index (χ0v) is 7.53. The van der Waals surface area contributed by atoms with Gasteiger partial charge in [0.2, 0.25) is 0 Å². The van der Waals surface area contributed by atoms with Crippen molar-refractivity contribution in [2.45, 2.75) is 13.3 Å². The van der Waals surface area contributed by atoms with Crippen LogP contribution in [0.5, 0.6) is 5.75 Å². The number of benzene rings is 1. The predicted octanol–water partition coefficient (Wildman–Crippen LogP) is 2.38. The van der Waals surface area contributed by atoms with Gasteiger partial charge < -0.3 is 5.11 Å². The first-order valence-corrected chi connectivity index (χ1v) is 4.22. The normalized spacial score (nSPS) is 10.5. The summed E-state index contributed by atoms with van der Waals surface area (Å²) in [5.74, 6) is 0.300. The molecule has 0 radical (unpaired) electrons. The molecule has 1 aromatic rings. The first-order chi connectivity index (χ1) is 6.22. The number of aromatic hydroxyl groups is 1. The number of hydrogen-bond acceptors (Lipinski definition) is 2. The van der Waals surface area contributed by atoms with Gasteiger partial charge in [-0.25, -0.2) is 0 Å². The summed E-state index contributed by atoms with van der Waals surface area (Å²) in [6.45, 7) is 1.81. The average Bonchev–Trinajstić information content (AvgIpc) is 2.14. The van der Waals surface area contributed by atoms with Gasteiger partial charge in [-0.2, -0.15) is 0 Å². The minimum absolute atomic E-state index is 0.0864. The maximum atomic E-state index is 10.9. The third-order valence-electron chi connectivity index (χ3n) is 1.68. The molecule has 1 rings (SSSR count). The van der Waals surface area contributed by atoms with Gasteiger partial charge in [-0.15, -0.1) is 0 Å². The van der Waals surface area contributed by atoms with Gasteiger partial charge in [0.25, 0.3) is 0 Å². The molecular formula is C11H12O2. The summed E-state index contributed by atoms with van der Waals surface area (Å²) < 4.78 is 0. The Morgan fingerprint density at radius 2 is 2.31 bits per heavy atom. The molecule has 0 unspecified atom stereocenters. The molecule has 0 bridgehead atoms. The zero-order valence-electron chi connectivity index (χ0n) is 7.53. The summed E-state index contributed by atoms with van der Waals surface area (Å²) in [5, 5.41) is 9.12. The number of carbonyl (C=O) groups is 1. The van der Waals surface area contributed by atoms with Gasteiger partial charge in [-0.1, -0.05) is 25.1 Å². The Labute approximate surface area is 77.5 Å². The van der Waals surface area contributed by atoms with Crippen LogP contribution in [-0.2, 0) is 4.79 Å². The van der Waals surface area contributed by atoms with Gasteiger partial charge in [0, 0.05) is 6.42 Å². The topological polar surface area (TPSA) is 37.3 Å². The first kappa shape index (κ1) is 9.52. The molecule has 0 amide bonds. The van der Waals surface area contributed by atoms with Gasteiger partial charge in [0.05, 0.1) is 0 Å². The highest BCUT2D eigenvalue weighted by Gasteiger charge is 1.91. The summed E-state index contributed by atoms with van der Waals surface area (Å²) in [7, 11) is 0. The van der Waals surface area contributed by atoms with Crippen LogP contribution < -0.4 is 0 Å². The minimum atomic E-state index is 0.0864. The van der Waals surface area contributed by atoms with E-state index in [0.29, 0.717) is 6.42 Å². The Kier molecular flexibility index (Phi) is 3.26. The van der Waals surface area contributed by atoms with Crippen LogP contribution in [0.1, 0.15) is 18.9 Å². The van der Waals surface area contributed by atoms with Gasteiger partial charge >= 0.3 is 0 Å². The molecular weight excluding hydrogens is 164 g/mol. The lowest BCUT2D eigenvalue weighted by atomic mass is 10.2. The molecule has 2 heteroatoms. The number of allylic oxidation sites excluding steroid dienone is 1. The Bertz CT molecular complexity index is 327. The van der Waals surface area contributed by atoms with Crippen molar-refractivity contribution in [1.82, 2.24) is 0 Å². The largest absolute Gasteiger partial charge is 0.508 e. The summed E-state index contributed by atoms with van der Waals surface area (Å²) in [6.07, 6.45) is 3.73. The number of phenols is 1. The Morgan fingerprint density at radius 3 is 2.92 bits per heavy atom. The summed E-state index contributed by atoms with van der Waals surface area (Å²) in [6, 6.07) is 6.78. The first-order valence-electron chi connectivity index (χ1n) is 4.22. The SMILES string of the molecule is CCC(=O)/C=C/c1cccc(O)c1. The fourth-order valence-electron chi connectivity index (χ4n) is 0.935. The molecule has 68 valence electrons. The third-order valence-corrected chi connectivity index (χ3v) is 1.68. The highest BCUT2D eigenvalue weighted by Crippen LogP contribution is 2.11. The van der Waals surface area contributed by atoms with Crippen molar-refractivity contribution in [3.8, 4) is 5.75 Å². The van der Waals surface area contributed by atoms with E-state index in [1.54, 1.807) is 24.3 Å². The van der Waals surface area contributed by atoms with E-state index in [1.165, 1.54) is 6.08 Å². The van der Waals surface area contributed by atoms with E-state index in [2.05, 4.69) is 0 Å². The Hall–Kier alpha value is -1.57. The molecule has 0 aliphatic rings. The second-order valence-corrected chi connectivity index (χ2v) is 2.75. The van der Waals surface area contributed by atoms with E-state index in [-0.39, 0.29) is 11.5 Å². The smallest absolute Gasteiger partial charge is 0.155 e. The maximum Gasteiger partial charge on any atom is 0.155 e. The Morgan fingerprint density at radius 1 is 1.54 bits per heavy atom. The molecule has 2 nitrogen and oxygen atoms in total. The fraction of sp³-hybridized carbons (Fsp3) is 0.182. The average molecular weight is 176 g/mol. The lowest BCUT2D eigenvalue weighted by molar-refractivity contribution is -0.114. The highest BCUT2D eigenvalue weighted by molar-refractivity contribution is 5.93. The van der Waals surface area contributed by atoms with Gasteiger partial charge in [-0.3, -0.25) is 4.79 Å². The van der Waals surface area contributed by atoms with Crippen molar-refractivity contribution in [2.75, 3.05) is 0 Å². The Balaban J connectivity index is 2.74. The van der Waals surface area contributed by atoms with E-state index in [4.69, 9.17) is 5.11 Å². The van der Waals surface area contributed by atoms with Gasteiger partial charge in [0.15, 0.2) is 5.78 Å². The predicted molar refractivity (Wildman–Crippen MR) is 52.4 cm³/mol. The van der Waals surface area contributed by atoms with Crippen LogP contribution in [0.2, 0.25) is 0 Å². The van der Waals surface area contributed by atoms with Crippen molar-refractivity contribution in [3.05, 3.63) is 35.9 Å². The number of phenolic OH excluding ortho intramolecular Hbond substituents is 1. The monoisotopic (exact) mass is 176 g/mol.